The molecule has 0 heterocycles. The molecule has 5 atom stereocenters. The van der Waals surface area contributed by atoms with E-state index < -0.39 is 66.7 Å². The summed E-state index contributed by atoms with van der Waals surface area (Å²) in [5.41, 5.74) is 26.5. The van der Waals surface area contributed by atoms with Crippen molar-refractivity contribution >= 4 is 29.8 Å². The number of carbonyl (C=O) groups excluding carboxylic acids is 1. The number of nitrogens with two attached hydrogens (primary N) is 5. The molecule has 1 aromatic carbocycles. The second kappa shape index (κ2) is 22.3. The number of carbonyl (C=O) groups is 5. The van der Waals surface area contributed by atoms with Gasteiger partial charge < -0.3 is 58.9 Å². The third-order valence-corrected chi connectivity index (χ3v) is 4.23. The highest BCUT2D eigenvalue weighted by molar-refractivity contribution is 5.77. The van der Waals surface area contributed by atoms with Crippen LogP contribution in [0.25, 0.3) is 0 Å². The Kier molecular flexibility index (Phi) is 22.8. The Hall–Kier alpha value is -3.67. The number of aliphatic hydroxyl groups excluding tert-OH is 1. The summed E-state index contributed by atoms with van der Waals surface area (Å²) in [7, 11) is 0. The minimum atomic E-state index is -1.22. The second-order valence-electron chi connectivity index (χ2n) is 8.23. The van der Waals surface area contributed by atoms with Gasteiger partial charge in [0.2, 0.25) is 0 Å². The standard InChI is InChI=1S/C12H16N2O4.C5H11NO2.C3H7NO3.C3H7NO2/c13-9(6-8-4-2-1-3-5-8)12(17)18-7-10(14)11(15)16;1-3(2)4(6)5(7)8;4-2(1-5)3(6)7;1-2(4)3(5)6/h1-5,9-10H,6-7,13-14H2,(H,15,16);3-4H,6H2,1-2H3,(H,7,8);2,5H,1,4H2,(H,6,7);2H,4H2,1H3,(H,5,6)/t9-,10-;4-;2*2-/m0000/s1. The quantitative estimate of drug-likeness (QED) is 0.123. The molecule has 0 aliphatic rings. The molecule has 0 aliphatic carbocycles. The average molecular weight is 564 g/mol. The molecule has 39 heavy (non-hydrogen) atoms. The van der Waals surface area contributed by atoms with Gasteiger partial charge >= 0.3 is 29.8 Å². The third-order valence-electron chi connectivity index (χ3n) is 4.23. The molecule has 0 saturated carbocycles. The van der Waals surface area contributed by atoms with E-state index in [1.807, 2.05) is 30.3 Å². The predicted molar refractivity (Wildman–Crippen MR) is 139 cm³/mol. The molecule has 16 heteroatoms. The lowest BCUT2D eigenvalue weighted by molar-refractivity contribution is -0.149. The maximum Gasteiger partial charge on any atom is 0.324 e. The molecule has 1 aromatic rings. The van der Waals surface area contributed by atoms with Crippen LogP contribution in [0.15, 0.2) is 30.3 Å². The van der Waals surface area contributed by atoms with Crippen LogP contribution in [0.3, 0.4) is 0 Å². The van der Waals surface area contributed by atoms with E-state index in [1.54, 1.807) is 13.8 Å². The number of rotatable bonds is 11. The lowest BCUT2D eigenvalue weighted by atomic mass is 10.1. The lowest BCUT2D eigenvalue weighted by Gasteiger charge is -2.13. The highest BCUT2D eigenvalue weighted by atomic mass is 16.5. The predicted octanol–water partition coefficient (Wildman–Crippen LogP) is -2.63. The summed E-state index contributed by atoms with van der Waals surface area (Å²) in [6, 6.07) is 4.61. The van der Waals surface area contributed by atoms with Crippen molar-refractivity contribution in [3.05, 3.63) is 35.9 Å². The van der Waals surface area contributed by atoms with E-state index >= 15 is 0 Å². The summed E-state index contributed by atoms with van der Waals surface area (Å²) >= 11 is 0. The Balaban J connectivity index is -0.000000512. The zero-order valence-electron chi connectivity index (χ0n) is 22.0. The second-order valence-corrected chi connectivity index (χ2v) is 8.23. The number of aliphatic hydroxyl groups is 1. The van der Waals surface area contributed by atoms with Crippen LogP contribution in [0.4, 0.5) is 0 Å². The molecular formula is C23H41N5O11. The fraction of sp³-hybridized carbons (Fsp3) is 0.522. The van der Waals surface area contributed by atoms with E-state index in [4.69, 9.17) is 58.9 Å². The Morgan fingerprint density at radius 3 is 1.41 bits per heavy atom. The van der Waals surface area contributed by atoms with Crippen molar-refractivity contribution in [2.45, 2.75) is 57.4 Å². The number of ether oxygens (including phenoxy) is 1. The van der Waals surface area contributed by atoms with Gasteiger partial charge in [0.25, 0.3) is 0 Å². The summed E-state index contributed by atoms with van der Waals surface area (Å²) in [4.78, 5) is 51.1. The SMILES string of the molecule is CC(C)[C@H](N)C(=O)O.C[C@H](N)C(=O)O.N[C@@H](CO)C(=O)O.N[C@@H](COC(=O)[C@@H](N)Cc1ccccc1)C(=O)O. The van der Waals surface area contributed by atoms with Gasteiger partial charge in [0.1, 0.15) is 36.8 Å². The minimum absolute atomic E-state index is 0.0208. The zero-order valence-corrected chi connectivity index (χ0v) is 22.0. The first-order valence-corrected chi connectivity index (χ1v) is 11.4. The fourth-order valence-electron chi connectivity index (χ4n) is 1.66. The Labute approximate surface area is 225 Å². The zero-order chi connectivity index (χ0) is 31.3. The average Bonchev–Trinajstić information content (AvgIpc) is 2.87. The van der Waals surface area contributed by atoms with Crippen molar-refractivity contribution in [1.29, 1.82) is 0 Å². The molecule has 224 valence electrons. The number of hydrogen-bond acceptors (Lipinski definition) is 12. The monoisotopic (exact) mass is 563 g/mol. The van der Waals surface area contributed by atoms with Crippen molar-refractivity contribution in [3.63, 3.8) is 0 Å². The van der Waals surface area contributed by atoms with Gasteiger partial charge in [0.15, 0.2) is 0 Å². The van der Waals surface area contributed by atoms with E-state index in [9.17, 15) is 24.0 Å². The maximum atomic E-state index is 11.5. The summed E-state index contributed by atoms with van der Waals surface area (Å²) in [5, 5.41) is 40.5. The summed E-state index contributed by atoms with van der Waals surface area (Å²) in [6.07, 6.45) is 0.335. The first-order chi connectivity index (χ1) is 17.9. The number of hydrogen-bond donors (Lipinski definition) is 10. The highest BCUT2D eigenvalue weighted by Crippen LogP contribution is 2.03. The molecule has 0 saturated heterocycles. The van der Waals surface area contributed by atoms with E-state index in [0.29, 0.717) is 6.42 Å². The number of benzene rings is 1. The Bertz CT molecular complexity index is 869. The summed E-state index contributed by atoms with van der Waals surface area (Å²) in [5.74, 6) is -4.93. The summed E-state index contributed by atoms with van der Waals surface area (Å²) in [6.45, 7) is 4.09. The third kappa shape index (κ3) is 23.2. The van der Waals surface area contributed by atoms with Crippen LogP contribution in [-0.2, 0) is 35.1 Å². The molecule has 16 nitrogen and oxygen atoms in total. The fourth-order valence-corrected chi connectivity index (χ4v) is 1.66. The van der Waals surface area contributed by atoms with Gasteiger partial charge in [0.05, 0.1) is 6.61 Å². The molecular weight excluding hydrogens is 522 g/mol. The van der Waals surface area contributed by atoms with Crippen molar-refractivity contribution in [1.82, 2.24) is 0 Å². The van der Waals surface area contributed by atoms with E-state index in [0.717, 1.165) is 5.56 Å². The van der Waals surface area contributed by atoms with Crippen molar-refractivity contribution in [3.8, 4) is 0 Å². The van der Waals surface area contributed by atoms with Gasteiger partial charge in [-0.15, -0.1) is 0 Å². The van der Waals surface area contributed by atoms with Gasteiger partial charge in [0, 0.05) is 0 Å². The van der Waals surface area contributed by atoms with E-state index in [-0.39, 0.29) is 12.5 Å². The van der Waals surface area contributed by atoms with Gasteiger partial charge in [-0.25, -0.2) is 0 Å². The minimum Gasteiger partial charge on any atom is -0.480 e. The first kappa shape index (κ1) is 39.8. The molecule has 0 amide bonds. The number of aliphatic carboxylic acids is 4. The van der Waals surface area contributed by atoms with Gasteiger partial charge in [-0.05, 0) is 24.8 Å². The van der Waals surface area contributed by atoms with Crippen LogP contribution in [-0.4, -0.2) is 98.8 Å². The van der Waals surface area contributed by atoms with Crippen LogP contribution < -0.4 is 28.7 Å². The Morgan fingerprint density at radius 1 is 0.718 bits per heavy atom. The van der Waals surface area contributed by atoms with Gasteiger partial charge in [-0.1, -0.05) is 44.2 Å². The van der Waals surface area contributed by atoms with Gasteiger partial charge in [-0.2, -0.15) is 0 Å². The summed E-state index contributed by atoms with van der Waals surface area (Å²) < 4.78 is 4.73. The number of carboxylic acids is 4. The first-order valence-electron chi connectivity index (χ1n) is 11.4. The number of esters is 1. The molecule has 1 rings (SSSR count). The van der Waals surface area contributed by atoms with Crippen LogP contribution in [0.2, 0.25) is 0 Å². The molecule has 0 aliphatic heterocycles. The molecule has 0 aromatic heterocycles. The smallest absolute Gasteiger partial charge is 0.324 e. The van der Waals surface area contributed by atoms with E-state index in [1.165, 1.54) is 6.92 Å². The molecule has 0 radical (unpaired) electrons. The van der Waals surface area contributed by atoms with Crippen molar-refractivity contribution in [2.24, 2.45) is 34.6 Å². The van der Waals surface area contributed by atoms with Crippen LogP contribution >= 0.6 is 0 Å². The maximum absolute atomic E-state index is 11.5. The molecule has 0 spiro atoms. The van der Waals surface area contributed by atoms with Crippen LogP contribution in [0, 0.1) is 5.92 Å². The lowest BCUT2D eigenvalue weighted by Crippen LogP contribution is -2.40. The molecule has 15 N–H and O–H groups in total. The molecule has 0 fully saturated rings. The highest BCUT2D eigenvalue weighted by Gasteiger charge is 2.19. The van der Waals surface area contributed by atoms with E-state index in [2.05, 4.69) is 0 Å². The van der Waals surface area contributed by atoms with Crippen molar-refractivity contribution in [2.75, 3.05) is 13.2 Å². The topological polar surface area (TPSA) is 326 Å². The van der Waals surface area contributed by atoms with Crippen LogP contribution in [0.1, 0.15) is 26.3 Å². The van der Waals surface area contributed by atoms with Crippen LogP contribution in [0.5, 0.6) is 0 Å². The molecule has 0 bridgehead atoms. The normalized spacial score (nSPS) is 13.7. The number of carboxylic acid groups (broad SMARTS) is 4. The Morgan fingerprint density at radius 2 is 1.15 bits per heavy atom. The largest absolute Gasteiger partial charge is 0.480 e. The van der Waals surface area contributed by atoms with Crippen molar-refractivity contribution < 1.29 is 54.2 Å². The van der Waals surface area contributed by atoms with Gasteiger partial charge in [-0.3, -0.25) is 24.0 Å². The molecule has 0 unspecified atom stereocenters.